The molecule has 0 aliphatic carbocycles. The number of carboxylic acids is 1. The number of aromatic nitrogens is 2. The van der Waals surface area contributed by atoms with Crippen molar-refractivity contribution in [2.45, 2.75) is 18.8 Å². The van der Waals surface area contributed by atoms with Crippen LogP contribution in [0.5, 0.6) is 0 Å². The molecule has 0 aromatic carbocycles. The second-order valence-corrected chi connectivity index (χ2v) is 4.64. The van der Waals surface area contributed by atoms with E-state index >= 15 is 0 Å². The van der Waals surface area contributed by atoms with E-state index in [1.54, 1.807) is 16.7 Å². The number of aromatic carboxylic acids is 1. The zero-order valence-electron chi connectivity index (χ0n) is 10.4. The summed E-state index contributed by atoms with van der Waals surface area (Å²) in [5.74, 6) is -2.20. The fourth-order valence-electron chi connectivity index (χ4n) is 2.36. The first-order chi connectivity index (χ1) is 9.56. The van der Waals surface area contributed by atoms with E-state index < -0.39 is 11.9 Å². The van der Waals surface area contributed by atoms with Crippen LogP contribution in [0.1, 0.15) is 34.8 Å². The molecule has 1 fully saturated rings. The van der Waals surface area contributed by atoms with Gasteiger partial charge in [-0.2, -0.15) is 0 Å². The lowest BCUT2D eigenvalue weighted by atomic mass is 9.95. The average Bonchev–Trinajstić information content (AvgIpc) is 2.81. The summed E-state index contributed by atoms with van der Waals surface area (Å²) in [4.78, 5) is 38.2. The first kappa shape index (κ1) is 12.3. The lowest BCUT2D eigenvalue weighted by molar-refractivity contribution is -0.134. The van der Waals surface area contributed by atoms with Gasteiger partial charge in [-0.3, -0.25) is 14.9 Å². The molecule has 2 aromatic heterocycles. The fourth-order valence-corrected chi connectivity index (χ4v) is 2.36. The molecule has 20 heavy (non-hydrogen) atoms. The van der Waals surface area contributed by atoms with Crippen molar-refractivity contribution in [2.24, 2.45) is 0 Å². The van der Waals surface area contributed by atoms with Gasteiger partial charge in [0.15, 0.2) is 0 Å². The molecule has 2 N–H and O–H groups in total. The SMILES string of the molecule is O=C1CCC(c2cnc3ccc(C(=O)O)cn23)C(=O)N1. The number of hydrogen-bond donors (Lipinski definition) is 2. The van der Waals surface area contributed by atoms with Crippen LogP contribution in [0.25, 0.3) is 5.65 Å². The van der Waals surface area contributed by atoms with E-state index in [2.05, 4.69) is 10.3 Å². The first-order valence-corrected chi connectivity index (χ1v) is 6.10. The maximum Gasteiger partial charge on any atom is 0.337 e. The number of pyridine rings is 1. The molecule has 1 unspecified atom stereocenters. The van der Waals surface area contributed by atoms with Gasteiger partial charge in [0.05, 0.1) is 17.2 Å². The molecule has 2 aromatic rings. The van der Waals surface area contributed by atoms with Crippen molar-refractivity contribution in [3.63, 3.8) is 0 Å². The maximum atomic E-state index is 11.9. The number of piperidine rings is 1. The monoisotopic (exact) mass is 273 g/mol. The standard InChI is InChI=1S/C13H11N3O4/c17-11-4-2-8(12(18)15-11)9-5-14-10-3-1-7(13(19)20)6-16(9)10/h1,3,5-6,8H,2,4H2,(H,19,20)(H,15,17,18). The molecular weight excluding hydrogens is 262 g/mol. The quantitative estimate of drug-likeness (QED) is 0.778. The largest absolute Gasteiger partial charge is 0.478 e. The van der Waals surface area contributed by atoms with Crippen LogP contribution >= 0.6 is 0 Å². The van der Waals surface area contributed by atoms with E-state index in [1.807, 2.05) is 0 Å². The zero-order valence-corrected chi connectivity index (χ0v) is 10.4. The van der Waals surface area contributed by atoms with E-state index in [9.17, 15) is 14.4 Å². The normalized spacial score (nSPS) is 19.1. The summed E-state index contributed by atoms with van der Waals surface area (Å²) >= 11 is 0. The highest BCUT2D eigenvalue weighted by Gasteiger charge is 2.30. The Morgan fingerprint density at radius 2 is 2.20 bits per heavy atom. The molecule has 3 heterocycles. The highest BCUT2D eigenvalue weighted by Crippen LogP contribution is 2.25. The number of fused-ring (bicyclic) bond motifs is 1. The Labute approximate surface area is 113 Å². The number of nitrogens with one attached hydrogen (secondary N) is 1. The van der Waals surface area contributed by atoms with Gasteiger partial charge in [0, 0.05) is 18.8 Å². The summed E-state index contributed by atoms with van der Waals surface area (Å²) in [6.45, 7) is 0. The summed E-state index contributed by atoms with van der Waals surface area (Å²) in [5, 5.41) is 11.3. The Hall–Kier alpha value is -2.70. The number of nitrogens with zero attached hydrogens (tertiary/aromatic N) is 2. The number of carbonyl (C=O) groups is 3. The number of carboxylic acid groups (broad SMARTS) is 1. The molecule has 0 saturated carbocycles. The van der Waals surface area contributed by atoms with Gasteiger partial charge in [0.25, 0.3) is 0 Å². The van der Waals surface area contributed by atoms with Gasteiger partial charge in [-0.25, -0.2) is 9.78 Å². The molecule has 3 rings (SSSR count). The molecule has 1 aliphatic rings. The molecule has 0 bridgehead atoms. The van der Waals surface area contributed by atoms with Crippen molar-refractivity contribution in [1.82, 2.24) is 14.7 Å². The molecule has 1 atom stereocenters. The summed E-state index contributed by atoms with van der Waals surface area (Å²) in [6, 6.07) is 3.04. The van der Waals surface area contributed by atoms with Crippen LogP contribution in [0.3, 0.4) is 0 Å². The molecular formula is C13H11N3O4. The summed E-state index contributed by atoms with van der Waals surface area (Å²) in [7, 11) is 0. The predicted octanol–water partition coefficient (Wildman–Crippen LogP) is 0.553. The summed E-state index contributed by atoms with van der Waals surface area (Å²) in [5.41, 5.74) is 1.27. The molecule has 1 aliphatic heterocycles. The second-order valence-electron chi connectivity index (χ2n) is 4.64. The van der Waals surface area contributed by atoms with Crippen LogP contribution < -0.4 is 5.32 Å². The topological polar surface area (TPSA) is 101 Å². The third-order valence-corrected chi connectivity index (χ3v) is 3.38. The highest BCUT2D eigenvalue weighted by atomic mass is 16.4. The number of imidazole rings is 1. The van der Waals surface area contributed by atoms with Gasteiger partial charge in [-0.1, -0.05) is 0 Å². The molecule has 7 nitrogen and oxygen atoms in total. The first-order valence-electron chi connectivity index (χ1n) is 6.10. The Kier molecular flexibility index (Phi) is 2.74. The van der Waals surface area contributed by atoms with E-state index in [0.29, 0.717) is 17.8 Å². The maximum absolute atomic E-state index is 11.9. The van der Waals surface area contributed by atoms with Gasteiger partial charge < -0.3 is 9.51 Å². The Balaban J connectivity index is 2.07. The van der Waals surface area contributed by atoms with Gasteiger partial charge in [0.2, 0.25) is 11.8 Å². The van der Waals surface area contributed by atoms with Gasteiger partial charge in [-0.05, 0) is 18.6 Å². The molecule has 1 saturated heterocycles. The van der Waals surface area contributed by atoms with Crippen molar-refractivity contribution >= 4 is 23.4 Å². The van der Waals surface area contributed by atoms with Gasteiger partial charge in [0.1, 0.15) is 5.65 Å². The third kappa shape index (κ3) is 1.93. The van der Waals surface area contributed by atoms with Crippen molar-refractivity contribution < 1.29 is 19.5 Å². The smallest absolute Gasteiger partial charge is 0.337 e. The third-order valence-electron chi connectivity index (χ3n) is 3.38. The van der Waals surface area contributed by atoms with Crippen LogP contribution in [0, 0.1) is 0 Å². The number of imide groups is 1. The van der Waals surface area contributed by atoms with Gasteiger partial charge >= 0.3 is 5.97 Å². The Bertz CT molecular complexity index is 734. The van der Waals surface area contributed by atoms with E-state index in [4.69, 9.17) is 5.11 Å². The summed E-state index contributed by atoms with van der Waals surface area (Å²) in [6.07, 6.45) is 3.64. The second kappa shape index (κ2) is 4.44. The fraction of sp³-hybridized carbons (Fsp3) is 0.231. The van der Waals surface area contributed by atoms with Crippen LogP contribution in [0.15, 0.2) is 24.5 Å². The van der Waals surface area contributed by atoms with E-state index in [-0.39, 0.29) is 23.8 Å². The number of carbonyl (C=O) groups excluding carboxylic acids is 2. The zero-order chi connectivity index (χ0) is 14.3. The Morgan fingerprint density at radius 1 is 1.40 bits per heavy atom. The number of hydrogen-bond acceptors (Lipinski definition) is 4. The van der Waals surface area contributed by atoms with Crippen molar-refractivity contribution in [2.75, 3.05) is 0 Å². The van der Waals surface area contributed by atoms with Crippen molar-refractivity contribution in [3.8, 4) is 0 Å². The van der Waals surface area contributed by atoms with E-state index in [1.165, 1.54) is 12.3 Å². The lowest BCUT2D eigenvalue weighted by Crippen LogP contribution is -2.39. The molecule has 2 amide bonds. The predicted molar refractivity (Wildman–Crippen MR) is 67.3 cm³/mol. The minimum atomic E-state index is -1.05. The van der Waals surface area contributed by atoms with Crippen LogP contribution in [-0.4, -0.2) is 32.3 Å². The minimum absolute atomic E-state index is 0.115. The molecule has 7 heteroatoms. The molecule has 0 spiro atoms. The summed E-state index contributed by atoms with van der Waals surface area (Å²) < 4.78 is 1.59. The lowest BCUT2D eigenvalue weighted by Gasteiger charge is -2.20. The molecule has 0 radical (unpaired) electrons. The highest BCUT2D eigenvalue weighted by molar-refractivity contribution is 6.00. The van der Waals surface area contributed by atoms with Crippen LogP contribution in [0.2, 0.25) is 0 Å². The minimum Gasteiger partial charge on any atom is -0.478 e. The number of rotatable bonds is 2. The molecule has 102 valence electrons. The Morgan fingerprint density at radius 3 is 2.90 bits per heavy atom. The van der Waals surface area contributed by atoms with Crippen molar-refractivity contribution in [3.05, 3.63) is 35.8 Å². The number of amides is 2. The average molecular weight is 273 g/mol. The van der Waals surface area contributed by atoms with Crippen LogP contribution in [0.4, 0.5) is 0 Å². The van der Waals surface area contributed by atoms with Crippen molar-refractivity contribution in [1.29, 1.82) is 0 Å². The van der Waals surface area contributed by atoms with Crippen LogP contribution in [-0.2, 0) is 9.59 Å². The van der Waals surface area contributed by atoms with E-state index in [0.717, 1.165) is 0 Å². The van der Waals surface area contributed by atoms with Gasteiger partial charge in [-0.15, -0.1) is 0 Å².